The Morgan fingerprint density at radius 1 is 1.09 bits per heavy atom. The molecule has 2 aromatic carbocycles. The standard InChI is InChI=1S/C23H26FN5O2S/c1-14(2)20(26-22(31)16-11-9-15(3)10-12-16)21-27-28-23(29(21)4)32-13-19(30)25-18-8-6-5-7-17(18)24/h5-12,14,20H,13H2,1-4H3,(H,25,30)(H,26,31)/t20-/m1/s1. The molecule has 0 aliphatic heterocycles. The smallest absolute Gasteiger partial charge is 0.251 e. The van der Waals surface area contributed by atoms with Crippen LogP contribution >= 0.6 is 11.8 Å². The van der Waals surface area contributed by atoms with Crippen LogP contribution in [0.3, 0.4) is 0 Å². The Hall–Kier alpha value is -3.20. The van der Waals surface area contributed by atoms with Gasteiger partial charge in [-0.15, -0.1) is 10.2 Å². The largest absolute Gasteiger partial charge is 0.342 e. The Balaban J connectivity index is 1.67. The van der Waals surface area contributed by atoms with Gasteiger partial charge in [0.2, 0.25) is 5.91 Å². The molecule has 3 aromatic rings. The normalized spacial score (nSPS) is 11.9. The maximum absolute atomic E-state index is 13.7. The summed E-state index contributed by atoms with van der Waals surface area (Å²) in [5, 5.41) is 14.5. The summed E-state index contributed by atoms with van der Waals surface area (Å²) in [5.41, 5.74) is 1.79. The first-order chi connectivity index (χ1) is 15.3. The molecule has 1 aromatic heterocycles. The first kappa shape index (κ1) is 23.5. The molecular weight excluding hydrogens is 429 g/mol. The van der Waals surface area contributed by atoms with Crippen LogP contribution in [0.25, 0.3) is 0 Å². The van der Waals surface area contributed by atoms with Gasteiger partial charge in [-0.05, 0) is 37.1 Å². The molecular formula is C23H26FN5O2S. The van der Waals surface area contributed by atoms with Crippen LogP contribution in [-0.4, -0.2) is 32.3 Å². The van der Waals surface area contributed by atoms with E-state index >= 15 is 0 Å². The van der Waals surface area contributed by atoms with E-state index in [2.05, 4.69) is 20.8 Å². The minimum Gasteiger partial charge on any atom is -0.342 e. The molecule has 2 amide bonds. The third-order valence-corrected chi connectivity index (χ3v) is 5.91. The Morgan fingerprint density at radius 3 is 2.44 bits per heavy atom. The van der Waals surface area contributed by atoms with Gasteiger partial charge in [-0.3, -0.25) is 9.59 Å². The average Bonchev–Trinajstić information content (AvgIpc) is 3.12. The number of hydrogen-bond acceptors (Lipinski definition) is 5. The number of anilines is 1. The van der Waals surface area contributed by atoms with Gasteiger partial charge >= 0.3 is 0 Å². The van der Waals surface area contributed by atoms with Gasteiger partial charge in [-0.1, -0.05) is 55.4 Å². The van der Waals surface area contributed by atoms with E-state index in [4.69, 9.17) is 0 Å². The molecule has 2 N–H and O–H groups in total. The number of benzene rings is 2. The van der Waals surface area contributed by atoms with Gasteiger partial charge in [0.1, 0.15) is 5.82 Å². The minimum atomic E-state index is -0.490. The number of para-hydroxylation sites is 1. The topological polar surface area (TPSA) is 88.9 Å². The van der Waals surface area contributed by atoms with Gasteiger partial charge in [0, 0.05) is 12.6 Å². The summed E-state index contributed by atoms with van der Waals surface area (Å²) in [7, 11) is 1.79. The third kappa shape index (κ3) is 5.73. The average molecular weight is 456 g/mol. The predicted molar refractivity (Wildman–Crippen MR) is 123 cm³/mol. The lowest BCUT2D eigenvalue weighted by Crippen LogP contribution is -2.33. The highest BCUT2D eigenvalue weighted by Gasteiger charge is 2.25. The molecule has 0 bridgehead atoms. The summed E-state index contributed by atoms with van der Waals surface area (Å²) in [4.78, 5) is 24.9. The Bertz CT molecular complexity index is 1100. The van der Waals surface area contributed by atoms with Crippen molar-refractivity contribution in [2.75, 3.05) is 11.1 Å². The van der Waals surface area contributed by atoms with Crippen molar-refractivity contribution in [2.24, 2.45) is 13.0 Å². The van der Waals surface area contributed by atoms with Crippen molar-refractivity contribution >= 4 is 29.3 Å². The molecule has 1 heterocycles. The molecule has 32 heavy (non-hydrogen) atoms. The second kappa shape index (κ2) is 10.4. The fourth-order valence-electron chi connectivity index (χ4n) is 3.06. The molecule has 1 atom stereocenters. The van der Waals surface area contributed by atoms with E-state index in [1.165, 1.54) is 23.9 Å². The SMILES string of the molecule is Cc1ccc(C(=O)N[C@@H](c2nnc(SCC(=O)Nc3ccccc3F)n2C)C(C)C)cc1. The molecule has 0 saturated carbocycles. The van der Waals surface area contributed by atoms with E-state index in [-0.39, 0.29) is 35.2 Å². The third-order valence-electron chi connectivity index (χ3n) is 4.89. The molecule has 3 rings (SSSR count). The molecule has 0 saturated heterocycles. The lowest BCUT2D eigenvalue weighted by atomic mass is 10.0. The van der Waals surface area contributed by atoms with E-state index in [1.807, 2.05) is 32.9 Å². The maximum Gasteiger partial charge on any atom is 0.251 e. The Morgan fingerprint density at radius 2 is 1.78 bits per heavy atom. The molecule has 0 fully saturated rings. The van der Waals surface area contributed by atoms with Crippen molar-refractivity contribution < 1.29 is 14.0 Å². The fraction of sp³-hybridized carbons (Fsp3) is 0.304. The van der Waals surface area contributed by atoms with Gasteiger partial charge in [0.15, 0.2) is 11.0 Å². The monoisotopic (exact) mass is 455 g/mol. The molecule has 0 radical (unpaired) electrons. The number of halogens is 1. The minimum absolute atomic E-state index is 0.0440. The number of carbonyl (C=O) groups is 2. The van der Waals surface area contributed by atoms with Crippen LogP contribution in [0.5, 0.6) is 0 Å². The molecule has 168 valence electrons. The van der Waals surface area contributed by atoms with Gasteiger partial charge < -0.3 is 15.2 Å². The zero-order valence-corrected chi connectivity index (χ0v) is 19.2. The molecule has 0 spiro atoms. The number of nitrogens with zero attached hydrogens (tertiary/aromatic N) is 3. The van der Waals surface area contributed by atoms with Crippen molar-refractivity contribution in [3.63, 3.8) is 0 Å². The van der Waals surface area contributed by atoms with Crippen molar-refractivity contribution in [2.45, 2.75) is 32.0 Å². The first-order valence-corrected chi connectivity index (χ1v) is 11.2. The van der Waals surface area contributed by atoms with Crippen LogP contribution in [0.1, 0.15) is 41.6 Å². The summed E-state index contributed by atoms with van der Waals surface area (Å²) in [6.07, 6.45) is 0. The molecule has 9 heteroatoms. The maximum atomic E-state index is 13.7. The van der Waals surface area contributed by atoms with Gasteiger partial charge in [-0.25, -0.2) is 4.39 Å². The van der Waals surface area contributed by atoms with Crippen LogP contribution in [0.4, 0.5) is 10.1 Å². The highest BCUT2D eigenvalue weighted by Crippen LogP contribution is 2.25. The number of nitrogens with one attached hydrogen (secondary N) is 2. The zero-order valence-electron chi connectivity index (χ0n) is 18.4. The van der Waals surface area contributed by atoms with Crippen molar-refractivity contribution in [1.82, 2.24) is 20.1 Å². The number of aryl methyl sites for hydroxylation is 1. The highest BCUT2D eigenvalue weighted by molar-refractivity contribution is 7.99. The van der Waals surface area contributed by atoms with Gasteiger partial charge in [0.05, 0.1) is 17.5 Å². The van der Waals surface area contributed by atoms with Crippen molar-refractivity contribution in [3.8, 4) is 0 Å². The van der Waals surface area contributed by atoms with Gasteiger partial charge in [-0.2, -0.15) is 0 Å². The van der Waals surface area contributed by atoms with E-state index in [0.29, 0.717) is 16.5 Å². The number of carbonyl (C=O) groups excluding carboxylic acids is 2. The van der Waals surface area contributed by atoms with Crippen LogP contribution in [0.15, 0.2) is 53.7 Å². The number of aromatic nitrogens is 3. The lowest BCUT2D eigenvalue weighted by molar-refractivity contribution is -0.113. The summed E-state index contributed by atoms with van der Waals surface area (Å²) >= 11 is 1.19. The van der Waals surface area contributed by atoms with Crippen LogP contribution in [-0.2, 0) is 11.8 Å². The van der Waals surface area contributed by atoms with E-state index in [9.17, 15) is 14.0 Å². The molecule has 7 nitrogen and oxygen atoms in total. The molecule has 0 unspecified atom stereocenters. The van der Waals surface area contributed by atoms with Crippen molar-refractivity contribution in [3.05, 3.63) is 71.3 Å². The van der Waals surface area contributed by atoms with Crippen molar-refractivity contribution in [1.29, 1.82) is 0 Å². The molecule has 0 aliphatic rings. The van der Waals surface area contributed by atoms with E-state index in [1.54, 1.807) is 35.9 Å². The quantitative estimate of drug-likeness (QED) is 0.499. The second-order valence-electron chi connectivity index (χ2n) is 7.78. The van der Waals surface area contributed by atoms with E-state index in [0.717, 1.165) is 5.56 Å². The number of thioether (sulfide) groups is 1. The van der Waals surface area contributed by atoms with Crippen LogP contribution < -0.4 is 10.6 Å². The van der Waals surface area contributed by atoms with Crippen LogP contribution in [0, 0.1) is 18.7 Å². The summed E-state index contributed by atoms with van der Waals surface area (Å²) in [6, 6.07) is 13.0. The number of hydrogen-bond donors (Lipinski definition) is 2. The number of rotatable bonds is 8. The van der Waals surface area contributed by atoms with Crippen LogP contribution in [0.2, 0.25) is 0 Å². The summed E-state index contributed by atoms with van der Waals surface area (Å²) in [5.74, 6) is -0.326. The highest BCUT2D eigenvalue weighted by atomic mass is 32.2. The predicted octanol–water partition coefficient (Wildman–Crippen LogP) is 4.12. The Kier molecular flexibility index (Phi) is 7.63. The first-order valence-electron chi connectivity index (χ1n) is 10.2. The summed E-state index contributed by atoms with van der Waals surface area (Å²) in [6.45, 7) is 5.95. The Labute approximate surface area is 190 Å². The second-order valence-corrected chi connectivity index (χ2v) is 8.72. The fourth-order valence-corrected chi connectivity index (χ4v) is 3.78. The lowest BCUT2D eigenvalue weighted by Gasteiger charge is -2.21. The van der Waals surface area contributed by atoms with E-state index < -0.39 is 5.82 Å². The zero-order chi connectivity index (χ0) is 23.3. The molecule has 0 aliphatic carbocycles. The number of amides is 2. The summed E-state index contributed by atoms with van der Waals surface area (Å²) < 4.78 is 15.5. The van der Waals surface area contributed by atoms with Gasteiger partial charge in [0.25, 0.3) is 5.91 Å².